The normalized spacial score (nSPS) is 20.8. The maximum Gasteiger partial charge on any atom is 0.160 e. The lowest BCUT2D eigenvalue weighted by Crippen LogP contribution is -2.41. The maximum atomic E-state index is 10.2. The molecule has 1 N–H and O–H groups in total. The summed E-state index contributed by atoms with van der Waals surface area (Å²) < 4.78 is 15.9. The van der Waals surface area contributed by atoms with Crippen LogP contribution in [0.1, 0.15) is 36.8 Å². The van der Waals surface area contributed by atoms with E-state index in [1.165, 1.54) is 12.7 Å². The molecule has 0 aliphatic heterocycles. The molecule has 2 aromatic rings. The van der Waals surface area contributed by atoms with Crippen molar-refractivity contribution in [3.8, 4) is 29.1 Å². The Hall–Kier alpha value is -2.91. The molecule has 6 nitrogen and oxygen atoms in total. The molecule has 0 atom stereocenters. The summed E-state index contributed by atoms with van der Waals surface area (Å²) in [5.74, 6) is 2.01. The van der Waals surface area contributed by atoms with Crippen LogP contribution in [0.2, 0.25) is 0 Å². The molecule has 1 saturated carbocycles. The number of nitriles is 1. The molecule has 1 aliphatic rings. The largest absolute Gasteiger partial charge is 0.504 e. The van der Waals surface area contributed by atoms with Gasteiger partial charge in [-0.25, -0.2) is 0 Å². The number of benzene rings is 2. The van der Waals surface area contributed by atoms with E-state index in [4.69, 9.17) is 14.2 Å². The highest BCUT2D eigenvalue weighted by Gasteiger charge is 2.38. The number of phenols is 1. The lowest BCUT2D eigenvalue weighted by atomic mass is 9.69. The lowest BCUT2D eigenvalue weighted by molar-refractivity contribution is 0.167. The summed E-state index contributed by atoms with van der Waals surface area (Å²) in [5, 5.41) is 20.1. The van der Waals surface area contributed by atoms with E-state index in [2.05, 4.69) is 24.1 Å². The highest BCUT2D eigenvalue weighted by molar-refractivity contribution is 5.46. The van der Waals surface area contributed by atoms with E-state index in [1.54, 1.807) is 26.4 Å². The second-order valence-corrected chi connectivity index (χ2v) is 8.23. The van der Waals surface area contributed by atoms with E-state index in [1.807, 2.05) is 18.2 Å². The Labute approximate surface area is 185 Å². The number of phenolic OH excluding ortho intramolecular Hbond substituents is 1. The number of rotatable bonds is 8. The highest BCUT2D eigenvalue weighted by atomic mass is 16.5. The second kappa shape index (κ2) is 9.93. The second-order valence-electron chi connectivity index (χ2n) is 8.23. The number of ether oxygens (including phenoxy) is 3. The molecular formula is C25H32N2O4. The van der Waals surface area contributed by atoms with Gasteiger partial charge < -0.3 is 24.2 Å². The summed E-state index contributed by atoms with van der Waals surface area (Å²) >= 11 is 0. The fraction of sp³-hybridized carbons (Fsp3) is 0.480. The quantitative estimate of drug-likeness (QED) is 0.681. The van der Waals surface area contributed by atoms with Crippen molar-refractivity contribution in [2.45, 2.75) is 43.6 Å². The molecule has 0 bridgehead atoms. The van der Waals surface area contributed by atoms with Crippen molar-refractivity contribution in [1.82, 2.24) is 4.90 Å². The Morgan fingerprint density at radius 3 is 2.23 bits per heavy atom. The first kappa shape index (κ1) is 22.8. The van der Waals surface area contributed by atoms with Crippen LogP contribution in [0.4, 0.5) is 0 Å². The molecule has 166 valence electrons. The predicted molar refractivity (Wildman–Crippen MR) is 120 cm³/mol. The maximum absolute atomic E-state index is 10.2. The third-order valence-electron chi connectivity index (χ3n) is 6.58. The first-order chi connectivity index (χ1) is 15.0. The zero-order valence-corrected chi connectivity index (χ0v) is 18.9. The molecule has 0 spiro atoms. The van der Waals surface area contributed by atoms with E-state index < -0.39 is 5.41 Å². The third-order valence-corrected chi connectivity index (χ3v) is 6.58. The SMILES string of the molecule is COc1ccc(C2(C#N)CCC(N(C)CCc3ccc(OC)c(OC)c3)CC2)cc1O. The van der Waals surface area contributed by atoms with E-state index in [0.29, 0.717) is 11.8 Å². The Morgan fingerprint density at radius 1 is 1.00 bits per heavy atom. The van der Waals surface area contributed by atoms with Crippen LogP contribution in [-0.2, 0) is 11.8 Å². The number of nitrogens with zero attached hydrogens (tertiary/aromatic N) is 2. The van der Waals surface area contributed by atoms with Crippen molar-refractivity contribution in [1.29, 1.82) is 5.26 Å². The van der Waals surface area contributed by atoms with Crippen molar-refractivity contribution < 1.29 is 19.3 Å². The van der Waals surface area contributed by atoms with E-state index in [9.17, 15) is 10.4 Å². The minimum absolute atomic E-state index is 0.0868. The molecule has 3 rings (SSSR count). The van der Waals surface area contributed by atoms with Crippen molar-refractivity contribution in [3.63, 3.8) is 0 Å². The summed E-state index contributed by atoms with van der Waals surface area (Å²) in [5.41, 5.74) is 1.53. The van der Waals surface area contributed by atoms with Crippen LogP contribution in [0.3, 0.4) is 0 Å². The lowest BCUT2D eigenvalue weighted by Gasteiger charge is -2.39. The van der Waals surface area contributed by atoms with Gasteiger partial charge in [0.2, 0.25) is 0 Å². The van der Waals surface area contributed by atoms with E-state index in [-0.39, 0.29) is 5.75 Å². The predicted octanol–water partition coefficient (Wildman–Crippen LogP) is 4.30. The summed E-state index contributed by atoms with van der Waals surface area (Å²) in [4.78, 5) is 2.39. The monoisotopic (exact) mass is 424 g/mol. The average Bonchev–Trinajstić information content (AvgIpc) is 2.82. The van der Waals surface area contributed by atoms with Gasteiger partial charge in [0, 0.05) is 12.6 Å². The fourth-order valence-corrected chi connectivity index (χ4v) is 4.51. The fourth-order valence-electron chi connectivity index (χ4n) is 4.51. The Morgan fingerprint density at radius 2 is 1.65 bits per heavy atom. The van der Waals surface area contributed by atoms with Crippen LogP contribution in [0.5, 0.6) is 23.0 Å². The van der Waals surface area contributed by atoms with Crippen molar-refractivity contribution in [2.24, 2.45) is 0 Å². The number of methoxy groups -OCH3 is 3. The molecule has 6 heteroatoms. The number of aromatic hydroxyl groups is 1. The van der Waals surface area contributed by atoms with Gasteiger partial charge in [0.1, 0.15) is 0 Å². The zero-order valence-electron chi connectivity index (χ0n) is 18.9. The molecule has 2 aromatic carbocycles. The Kier molecular flexibility index (Phi) is 7.29. The molecule has 0 radical (unpaired) electrons. The molecule has 0 amide bonds. The van der Waals surface area contributed by atoms with Crippen LogP contribution in [0.25, 0.3) is 0 Å². The molecule has 31 heavy (non-hydrogen) atoms. The highest BCUT2D eigenvalue weighted by Crippen LogP contribution is 2.42. The molecule has 1 aliphatic carbocycles. The van der Waals surface area contributed by atoms with Crippen LogP contribution in [0.15, 0.2) is 36.4 Å². The van der Waals surface area contributed by atoms with E-state index >= 15 is 0 Å². The van der Waals surface area contributed by atoms with Crippen LogP contribution in [-0.4, -0.2) is 51.0 Å². The average molecular weight is 425 g/mol. The zero-order chi connectivity index (χ0) is 22.4. The van der Waals surface area contributed by atoms with Gasteiger partial charge >= 0.3 is 0 Å². The van der Waals surface area contributed by atoms with Crippen molar-refractivity contribution in [2.75, 3.05) is 34.9 Å². The smallest absolute Gasteiger partial charge is 0.160 e. The summed E-state index contributed by atoms with van der Waals surface area (Å²) in [7, 11) is 6.98. The summed E-state index contributed by atoms with van der Waals surface area (Å²) in [6.07, 6.45) is 4.37. The molecule has 0 saturated heterocycles. The van der Waals surface area contributed by atoms with Gasteiger partial charge in [0.25, 0.3) is 0 Å². The van der Waals surface area contributed by atoms with Gasteiger partial charge in [0.05, 0.1) is 32.8 Å². The minimum atomic E-state index is -0.551. The van der Waals surface area contributed by atoms with Gasteiger partial charge in [-0.1, -0.05) is 12.1 Å². The molecule has 0 unspecified atom stereocenters. The number of likely N-dealkylation sites (N-methyl/N-ethyl adjacent to an activating group) is 1. The number of hydrogen-bond donors (Lipinski definition) is 1. The van der Waals surface area contributed by atoms with Crippen LogP contribution in [0, 0.1) is 11.3 Å². The van der Waals surface area contributed by atoms with Crippen molar-refractivity contribution in [3.05, 3.63) is 47.5 Å². The molecular weight excluding hydrogens is 392 g/mol. The van der Waals surface area contributed by atoms with Crippen molar-refractivity contribution >= 4 is 0 Å². The molecule has 0 aromatic heterocycles. The molecule has 1 fully saturated rings. The first-order valence-electron chi connectivity index (χ1n) is 10.7. The number of hydrogen-bond acceptors (Lipinski definition) is 6. The molecule has 0 heterocycles. The Balaban J connectivity index is 1.60. The summed E-state index contributed by atoms with van der Waals surface area (Å²) in [6.45, 7) is 0.934. The van der Waals surface area contributed by atoms with Gasteiger partial charge in [-0.3, -0.25) is 0 Å². The van der Waals surface area contributed by atoms with Gasteiger partial charge in [-0.05, 0) is 74.5 Å². The summed E-state index contributed by atoms with van der Waals surface area (Å²) in [6, 6.07) is 14.4. The van der Waals surface area contributed by atoms with Gasteiger partial charge in [0.15, 0.2) is 23.0 Å². The first-order valence-corrected chi connectivity index (χ1v) is 10.7. The minimum Gasteiger partial charge on any atom is -0.504 e. The standard InChI is InChI=1S/C25H32N2O4/c1-27(14-11-18-5-7-23(30-3)24(15-18)31-4)20-9-12-25(17-26,13-10-20)19-6-8-22(29-2)21(28)16-19/h5-8,15-16,20,28H,9-14H2,1-4H3. The van der Waals surface area contributed by atoms with Crippen LogP contribution >= 0.6 is 0 Å². The van der Waals surface area contributed by atoms with Gasteiger partial charge in [-0.2, -0.15) is 5.26 Å². The van der Waals surface area contributed by atoms with Crippen LogP contribution < -0.4 is 14.2 Å². The Bertz CT molecular complexity index is 930. The topological polar surface area (TPSA) is 75.0 Å². The van der Waals surface area contributed by atoms with E-state index in [0.717, 1.165) is 55.7 Å². The third kappa shape index (κ3) is 4.88. The van der Waals surface area contributed by atoms with Gasteiger partial charge in [-0.15, -0.1) is 0 Å².